The van der Waals surface area contributed by atoms with Crippen LogP contribution in [0.2, 0.25) is 0 Å². The largest absolute Gasteiger partial charge is 0.326 e. The summed E-state index contributed by atoms with van der Waals surface area (Å²) in [6, 6.07) is 5.46. The van der Waals surface area contributed by atoms with Crippen LogP contribution >= 0.6 is 0 Å². The first-order valence-corrected chi connectivity index (χ1v) is 8.45. The maximum absolute atomic E-state index is 12.9. The van der Waals surface area contributed by atoms with Gasteiger partial charge < -0.3 is 5.73 Å². The summed E-state index contributed by atoms with van der Waals surface area (Å²) in [7, 11) is -1.86. The Morgan fingerprint density at radius 2 is 1.85 bits per heavy atom. The van der Waals surface area contributed by atoms with Gasteiger partial charge >= 0.3 is 0 Å². The molecule has 0 heterocycles. The Balaban J connectivity index is 3.41. The van der Waals surface area contributed by atoms with Crippen LogP contribution < -0.4 is 5.73 Å². The smallest absolute Gasteiger partial charge is 0.243 e. The van der Waals surface area contributed by atoms with Gasteiger partial charge in [-0.2, -0.15) is 4.31 Å². The molecule has 0 aliphatic rings. The van der Waals surface area contributed by atoms with Crippen molar-refractivity contribution in [1.82, 2.24) is 4.31 Å². The van der Waals surface area contributed by atoms with Crippen molar-refractivity contribution in [3.05, 3.63) is 29.3 Å². The lowest BCUT2D eigenvalue weighted by Crippen LogP contribution is -2.44. The zero-order chi connectivity index (χ0) is 15.6. The van der Waals surface area contributed by atoms with Crippen LogP contribution in [0.4, 0.5) is 0 Å². The van der Waals surface area contributed by atoms with Crippen molar-refractivity contribution in [2.24, 2.45) is 5.73 Å². The van der Waals surface area contributed by atoms with E-state index in [0.717, 1.165) is 17.5 Å². The van der Waals surface area contributed by atoms with Gasteiger partial charge in [0.25, 0.3) is 0 Å². The maximum atomic E-state index is 12.9. The van der Waals surface area contributed by atoms with Gasteiger partial charge in [0.1, 0.15) is 0 Å². The molecular weight excluding hydrogens is 272 g/mol. The third kappa shape index (κ3) is 3.22. The van der Waals surface area contributed by atoms with E-state index in [-0.39, 0.29) is 0 Å². The third-order valence-electron chi connectivity index (χ3n) is 4.10. The van der Waals surface area contributed by atoms with Gasteiger partial charge in [0, 0.05) is 19.1 Å². The SMILES string of the molecule is CCc1ccc(CN)cc1S(=O)(=O)N(C)C(C)(C)CC. The fraction of sp³-hybridized carbons (Fsp3) is 0.600. The first-order chi connectivity index (χ1) is 9.20. The molecule has 114 valence electrons. The molecule has 0 amide bonds. The van der Waals surface area contributed by atoms with Crippen molar-refractivity contribution in [3.8, 4) is 0 Å². The number of nitrogens with two attached hydrogens (primary N) is 1. The van der Waals surface area contributed by atoms with Crippen LogP contribution in [0.15, 0.2) is 23.1 Å². The van der Waals surface area contributed by atoms with E-state index < -0.39 is 15.6 Å². The van der Waals surface area contributed by atoms with Crippen molar-refractivity contribution < 1.29 is 8.42 Å². The lowest BCUT2D eigenvalue weighted by atomic mass is 10.0. The summed E-state index contributed by atoms with van der Waals surface area (Å²) >= 11 is 0. The molecule has 1 rings (SSSR count). The van der Waals surface area contributed by atoms with Crippen LogP contribution in [0, 0.1) is 0 Å². The van der Waals surface area contributed by atoms with Crippen molar-refractivity contribution in [2.75, 3.05) is 7.05 Å². The van der Waals surface area contributed by atoms with E-state index in [1.54, 1.807) is 13.1 Å². The molecule has 0 saturated carbocycles. The summed E-state index contributed by atoms with van der Waals surface area (Å²) in [6.45, 7) is 8.16. The molecule has 0 spiro atoms. The van der Waals surface area contributed by atoms with Crippen molar-refractivity contribution in [3.63, 3.8) is 0 Å². The molecule has 4 nitrogen and oxygen atoms in total. The van der Waals surface area contributed by atoms with E-state index >= 15 is 0 Å². The van der Waals surface area contributed by atoms with Gasteiger partial charge in [0.15, 0.2) is 0 Å². The Kier molecular flexibility index (Phi) is 5.35. The highest BCUT2D eigenvalue weighted by molar-refractivity contribution is 7.89. The molecule has 0 saturated heterocycles. The van der Waals surface area contributed by atoms with E-state index in [0.29, 0.717) is 17.9 Å². The van der Waals surface area contributed by atoms with Crippen LogP contribution in [0.5, 0.6) is 0 Å². The lowest BCUT2D eigenvalue weighted by Gasteiger charge is -2.34. The fourth-order valence-corrected chi connectivity index (χ4v) is 3.87. The second-order valence-electron chi connectivity index (χ2n) is 5.64. The maximum Gasteiger partial charge on any atom is 0.243 e. The van der Waals surface area contributed by atoms with Crippen LogP contribution in [-0.2, 0) is 23.0 Å². The number of rotatable bonds is 6. The number of aryl methyl sites for hydroxylation is 1. The van der Waals surface area contributed by atoms with Crippen LogP contribution in [0.3, 0.4) is 0 Å². The van der Waals surface area contributed by atoms with Gasteiger partial charge in [-0.3, -0.25) is 0 Å². The van der Waals surface area contributed by atoms with Crippen LogP contribution in [-0.4, -0.2) is 25.3 Å². The molecule has 1 aromatic rings. The van der Waals surface area contributed by atoms with E-state index in [4.69, 9.17) is 5.73 Å². The molecule has 0 aliphatic carbocycles. The molecule has 1 aromatic carbocycles. The predicted molar refractivity (Wildman–Crippen MR) is 83.0 cm³/mol. The number of sulfonamides is 1. The van der Waals surface area contributed by atoms with Crippen molar-refractivity contribution in [1.29, 1.82) is 0 Å². The predicted octanol–water partition coefficient (Wildman–Crippen LogP) is 2.52. The van der Waals surface area contributed by atoms with Crippen molar-refractivity contribution in [2.45, 2.75) is 57.5 Å². The normalized spacial score (nSPS) is 12.9. The average Bonchev–Trinajstić information content (AvgIpc) is 2.45. The molecule has 0 bridgehead atoms. The van der Waals surface area contributed by atoms with Gasteiger partial charge in [-0.25, -0.2) is 8.42 Å². The highest BCUT2D eigenvalue weighted by atomic mass is 32.2. The van der Waals surface area contributed by atoms with Crippen molar-refractivity contribution >= 4 is 10.0 Å². The zero-order valence-electron chi connectivity index (χ0n) is 13.1. The Morgan fingerprint density at radius 3 is 2.30 bits per heavy atom. The Labute approximate surface area is 123 Å². The number of hydrogen-bond donors (Lipinski definition) is 1. The van der Waals surface area contributed by atoms with E-state index in [2.05, 4.69) is 0 Å². The summed E-state index contributed by atoms with van der Waals surface area (Å²) in [5, 5.41) is 0. The minimum atomic E-state index is -3.51. The molecule has 5 heteroatoms. The lowest BCUT2D eigenvalue weighted by molar-refractivity contribution is 0.257. The summed E-state index contributed by atoms with van der Waals surface area (Å²) < 4.78 is 27.2. The molecule has 0 fully saturated rings. The second kappa shape index (κ2) is 6.24. The minimum absolute atomic E-state index is 0.341. The fourth-order valence-electron chi connectivity index (χ4n) is 1.95. The molecule has 0 aliphatic heterocycles. The van der Waals surface area contributed by atoms with Gasteiger partial charge in [0.2, 0.25) is 10.0 Å². The summed E-state index contributed by atoms with van der Waals surface area (Å²) in [5.74, 6) is 0. The molecule has 0 unspecified atom stereocenters. The van der Waals surface area contributed by atoms with E-state index in [1.165, 1.54) is 4.31 Å². The summed E-state index contributed by atoms with van der Waals surface area (Å²) in [5.41, 5.74) is 6.89. The molecule has 0 aromatic heterocycles. The quantitative estimate of drug-likeness (QED) is 0.877. The first kappa shape index (κ1) is 17.1. The Hall–Kier alpha value is -0.910. The van der Waals surface area contributed by atoms with Gasteiger partial charge in [-0.15, -0.1) is 0 Å². The topological polar surface area (TPSA) is 63.4 Å². The first-order valence-electron chi connectivity index (χ1n) is 7.01. The number of hydrogen-bond acceptors (Lipinski definition) is 3. The minimum Gasteiger partial charge on any atom is -0.326 e. The van der Waals surface area contributed by atoms with Crippen LogP contribution in [0.25, 0.3) is 0 Å². The standard InChI is InChI=1S/C15H26N2O2S/c1-6-13-9-8-12(11-16)10-14(13)20(18,19)17(5)15(3,4)7-2/h8-10H,6-7,11,16H2,1-5H3. The van der Waals surface area contributed by atoms with E-state index in [1.807, 2.05) is 39.8 Å². The summed E-state index contributed by atoms with van der Waals surface area (Å²) in [4.78, 5) is 0.381. The molecular formula is C15H26N2O2S. The Morgan fingerprint density at radius 1 is 1.25 bits per heavy atom. The van der Waals surface area contributed by atoms with Crippen LogP contribution in [0.1, 0.15) is 45.2 Å². The molecule has 20 heavy (non-hydrogen) atoms. The number of benzene rings is 1. The van der Waals surface area contributed by atoms with E-state index in [9.17, 15) is 8.42 Å². The number of nitrogens with zero attached hydrogens (tertiary/aromatic N) is 1. The second-order valence-corrected chi connectivity index (χ2v) is 7.58. The summed E-state index contributed by atoms with van der Waals surface area (Å²) in [6.07, 6.45) is 1.43. The Bertz CT molecular complexity index is 565. The molecule has 2 N–H and O–H groups in total. The molecule has 0 atom stereocenters. The molecule has 0 radical (unpaired) electrons. The van der Waals surface area contributed by atoms with Gasteiger partial charge in [-0.05, 0) is 43.9 Å². The highest BCUT2D eigenvalue weighted by Crippen LogP contribution is 2.28. The third-order valence-corrected chi connectivity index (χ3v) is 6.26. The monoisotopic (exact) mass is 298 g/mol. The van der Waals surface area contributed by atoms with Gasteiger partial charge in [0.05, 0.1) is 4.90 Å². The van der Waals surface area contributed by atoms with Gasteiger partial charge in [-0.1, -0.05) is 26.0 Å². The highest BCUT2D eigenvalue weighted by Gasteiger charge is 2.33. The average molecular weight is 298 g/mol. The zero-order valence-corrected chi connectivity index (χ0v) is 13.9.